The Hall–Kier alpha value is -2.99. The molecule has 3 rings (SSSR count). The van der Waals surface area contributed by atoms with Gasteiger partial charge in [0.1, 0.15) is 11.5 Å². The van der Waals surface area contributed by atoms with E-state index in [0.717, 1.165) is 4.90 Å². The van der Waals surface area contributed by atoms with E-state index >= 15 is 0 Å². The quantitative estimate of drug-likeness (QED) is 0.774. The largest absolute Gasteiger partial charge is 0.497 e. The molecule has 1 fully saturated rings. The second kappa shape index (κ2) is 7.32. The highest BCUT2D eigenvalue weighted by molar-refractivity contribution is 6.30. The number of urea groups is 1. The number of ether oxygens (including phenoxy) is 2. The Bertz CT molecular complexity index is 830. The fourth-order valence-electron chi connectivity index (χ4n) is 3.13. The summed E-state index contributed by atoms with van der Waals surface area (Å²) >= 11 is 5.85. The van der Waals surface area contributed by atoms with Gasteiger partial charge >= 0.3 is 6.03 Å². The number of nitrogens with zero attached hydrogens (tertiary/aromatic N) is 1. The molecular formula is C20H19ClN2O4. The summed E-state index contributed by atoms with van der Waals surface area (Å²) in [4.78, 5) is 27.0. The first kappa shape index (κ1) is 18.8. The number of amides is 3. The zero-order valence-corrected chi connectivity index (χ0v) is 15.7. The smallest absolute Gasteiger partial charge is 0.325 e. The van der Waals surface area contributed by atoms with E-state index < -0.39 is 17.5 Å². The highest BCUT2D eigenvalue weighted by Crippen LogP contribution is 2.37. The standard InChI is InChI=1S/C20H19ClN2O4/c1-13(21)12-23-18(24)20(22-19(23)25,14-4-8-16(26-2)9-5-14)15-6-10-17(27-3)11-7-15/h4-11H,1,12H2,2-3H3,(H,22,25). The number of hydrogen-bond donors (Lipinski definition) is 1. The van der Waals surface area contributed by atoms with Crippen molar-refractivity contribution in [3.8, 4) is 11.5 Å². The van der Waals surface area contributed by atoms with E-state index in [9.17, 15) is 9.59 Å². The van der Waals surface area contributed by atoms with E-state index in [1.807, 2.05) is 0 Å². The van der Waals surface area contributed by atoms with Crippen molar-refractivity contribution in [3.63, 3.8) is 0 Å². The monoisotopic (exact) mass is 386 g/mol. The van der Waals surface area contributed by atoms with Crippen LogP contribution in [0.25, 0.3) is 0 Å². The van der Waals surface area contributed by atoms with Crippen LogP contribution in [-0.2, 0) is 10.3 Å². The molecule has 1 aliphatic rings. The zero-order chi connectivity index (χ0) is 19.6. The Balaban J connectivity index is 2.15. The fraction of sp³-hybridized carbons (Fsp3) is 0.200. The van der Waals surface area contributed by atoms with Gasteiger partial charge < -0.3 is 14.8 Å². The molecular weight excluding hydrogens is 368 g/mol. The van der Waals surface area contributed by atoms with Gasteiger partial charge in [-0.25, -0.2) is 4.79 Å². The van der Waals surface area contributed by atoms with Gasteiger partial charge in [0.25, 0.3) is 5.91 Å². The zero-order valence-electron chi connectivity index (χ0n) is 15.0. The van der Waals surface area contributed by atoms with Gasteiger partial charge in [-0.15, -0.1) is 0 Å². The molecule has 0 atom stereocenters. The van der Waals surface area contributed by atoms with Crippen molar-refractivity contribution in [3.05, 3.63) is 71.3 Å². The van der Waals surface area contributed by atoms with Crippen molar-refractivity contribution >= 4 is 23.5 Å². The summed E-state index contributed by atoms with van der Waals surface area (Å²) in [6, 6.07) is 13.4. The maximum absolute atomic E-state index is 13.4. The SMILES string of the molecule is C=C(Cl)CN1C(=O)NC(c2ccc(OC)cc2)(c2ccc(OC)cc2)C1=O. The van der Waals surface area contributed by atoms with Gasteiger partial charge in [0.05, 0.1) is 20.8 Å². The lowest BCUT2D eigenvalue weighted by molar-refractivity contribution is -0.129. The summed E-state index contributed by atoms with van der Waals surface area (Å²) in [6.45, 7) is 3.52. The van der Waals surface area contributed by atoms with E-state index in [0.29, 0.717) is 22.6 Å². The van der Waals surface area contributed by atoms with Crippen molar-refractivity contribution in [2.75, 3.05) is 20.8 Å². The van der Waals surface area contributed by atoms with Gasteiger partial charge in [-0.1, -0.05) is 42.4 Å². The highest BCUT2D eigenvalue weighted by atomic mass is 35.5. The molecule has 27 heavy (non-hydrogen) atoms. The Morgan fingerprint density at radius 1 is 1.00 bits per heavy atom. The molecule has 0 radical (unpaired) electrons. The molecule has 1 heterocycles. The van der Waals surface area contributed by atoms with Crippen LogP contribution in [-0.4, -0.2) is 37.6 Å². The van der Waals surface area contributed by atoms with Gasteiger partial charge in [-0.05, 0) is 35.4 Å². The van der Waals surface area contributed by atoms with Gasteiger partial charge in [-0.2, -0.15) is 0 Å². The maximum atomic E-state index is 13.4. The topological polar surface area (TPSA) is 67.9 Å². The summed E-state index contributed by atoms with van der Waals surface area (Å²) in [5.41, 5.74) is -0.161. The van der Waals surface area contributed by atoms with E-state index in [4.69, 9.17) is 21.1 Å². The van der Waals surface area contributed by atoms with Crippen LogP contribution in [0.15, 0.2) is 60.1 Å². The Morgan fingerprint density at radius 2 is 1.44 bits per heavy atom. The predicted molar refractivity (Wildman–Crippen MR) is 102 cm³/mol. The molecule has 1 N–H and O–H groups in total. The molecule has 0 aromatic heterocycles. The number of rotatable bonds is 6. The number of carbonyl (C=O) groups excluding carboxylic acids is 2. The number of imide groups is 1. The van der Waals surface area contributed by atoms with E-state index in [2.05, 4.69) is 11.9 Å². The number of halogens is 1. The maximum Gasteiger partial charge on any atom is 0.325 e. The van der Waals surface area contributed by atoms with E-state index in [-0.39, 0.29) is 11.6 Å². The second-order valence-electron chi connectivity index (χ2n) is 6.05. The third-order valence-corrected chi connectivity index (χ3v) is 4.60. The summed E-state index contributed by atoms with van der Waals surface area (Å²) in [7, 11) is 3.12. The summed E-state index contributed by atoms with van der Waals surface area (Å²) in [6.07, 6.45) is 0. The van der Waals surface area contributed by atoms with Crippen molar-refractivity contribution in [1.82, 2.24) is 10.2 Å². The number of methoxy groups -OCH3 is 2. The number of carbonyl (C=O) groups is 2. The van der Waals surface area contributed by atoms with Crippen molar-refractivity contribution in [2.24, 2.45) is 0 Å². The summed E-state index contributed by atoms with van der Waals surface area (Å²) in [5.74, 6) is 0.863. The highest BCUT2D eigenvalue weighted by Gasteiger charge is 2.53. The van der Waals surface area contributed by atoms with Crippen LogP contribution in [0.3, 0.4) is 0 Å². The van der Waals surface area contributed by atoms with Crippen LogP contribution in [0, 0.1) is 0 Å². The molecule has 2 aromatic carbocycles. The lowest BCUT2D eigenvalue weighted by Gasteiger charge is -2.28. The third kappa shape index (κ3) is 3.24. The summed E-state index contributed by atoms with van der Waals surface area (Å²) in [5, 5.41) is 3.03. The normalized spacial score (nSPS) is 15.4. The molecule has 1 aliphatic heterocycles. The molecule has 0 spiro atoms. The van der Waals surface area contributed by atoms with Gasteiger partial charge in [-0.3, -0.25) is 9.69 Å². The van der Waals surface area contributed by atoms with Crippen molar-refractivity contribution in [1.29, 1.82) is 0 Å². The van der Waals surface area contributed by atoms with Crippen LogP contribution < -0.4 is 14.8 Å². The van der Waals surface area contributed by atoms with Gasteiger partial charge in [0.15, 0.2) is 5.54 Å². The first-order valence-electron chi connectivity index (χ1n) is 8.19. The summed E-state index contributed by atoms with van der Waals surface area (Å²) < 4.78 is 10.4. The minimum atomic E-state index is -1.37. The molecule has 140 valence electrons. The van der Waals surface area contributed by atoms with Crippen LogP contribution in [0.2, 0.25) is 0 Å². The number of nitrogens with one attached hydrogen (secondary N) is 1. The fourth-order valence-corrected chi connectivity index (χ4v) is 3.25. The Morgan fingerprint density at radius 3 is 1.81 bits per heavy atom. The first-order valence-corrected chi connectivity index (χ1v) is 8.56. The number of benzene rings is 2. The van der Waals surface area contributed by atoms with Crippen LogP contribution in [0.1, 0.15) is 11.1 Å². The van der Waals surface area contributed by atoms with E-state index in [1.54, 1.807) is 62.8 Å². The van der Waals surface area contributed by atoms with Gasteiger partial charge in [0, 0.05) is 5.03 Å². The molecule has 7 heteroatoms. The molecule has 0 bridgehead atoms. The molecule has 0 aliphatic carbocycles. The Kier molecular flexibility index (Phi) is 5.10. The van der Waals surface area contributed by atoms with Crippen LogP contribution in [0.5, 0.6) is 11.5 Å². The first-order chi connectivity index (χ1) is 12.9. The lowest BCUT2D eigenvalue weighted by atomic mass is 9.82. The Labute approximate surface area is 162 Å². The molecule has 3 amide bonds. The number of hydrogen-bond acceptors (Lipinski definition) is 4. The minimum absolute atomic E-state index is 0.0692. The third-order valence-electron chi connectivity index (χ3n) is 4.48. The molecule has 0 saturated carbocycles. The average molecular weight is 387 g/mol. The van der Waals surface area contributed by atoms with E-state index in [1.165, 1.54) is 0 Å². The van der Waals surface area contributed by atoms with Crippen LogP contribution in [0.4, 0.5) is 4.79 Å². The molecule has 6 nitrogen and oxygen atoms in total. The van der Waals surface area contributed by atoms with Crippen molar-refractivity contribution < 1.29 is 19.1 Å². The molecule has 0 unspecified atom stereocenters. The molecule has 2 aromatic rings. The lowest BCUT2D eigenvalue weighted by Crippen LogP contribution is -2.45. The predicted octanol–water partition coefficient (Wildman–Crippen LogP) is 3.25. The van der Waals surface area contributed by atoms with Crippen LogP contribution >= 0.6 is 11.6 Å². The van der Waals surface area contributed by atoms with Crippen molar-refractivity contribution in [2.45, 2.75) is 5.54 Å². The second-order valence-corrected chi connectivity index (χ2v) is 6.58. The minimum Gasteiger partial charge on any atom is -0.497 e. The van der Waals surface area contributed by atoms with Gasteiger partial charge in [0.2, 0.25) is 0 Å². The molecule has 1 saturated heterocycles. The average Bonchev–Trinajstić information content (AvgIpc) is 2.93.